The van der Waals surface area contributed by atoms with Gasteiger partial charge in [0.25, 0.3) is 0 Å². The Labute approximate surface area is 91.9 Å². The van der Waals surface area contributed by atoms with E-state index in [9.17, 15) is 0 Å². The summed E-state index contributed by atoms with van der Waals surface area (Å²) in [6.07, 6.45) is 7.31. The van der Waals surface area contributed by atoms with Crippen LogP contribution in [-0.4, -0.2) is 15.8 Å². The first-order chi connectivity index (χ1) is 7.21. The molecule has 1 heterocycles. The molecule has 0 saturated heterocycles. The van der Waals surface area contributed by atoms with E-state index in [-0.39, 0.29) is 6.04 Å². The van der Waals surface area contributed by atoms with Crippen molar-refractivity contribution in [2.24, 2.45) is 7.05 Å². The minimum Gasteiger partial charge on any atom is -0.298 e. The van der Waals surface area contributed by atoms with Crippen molar-refractivity contribution < 1.29 is 0 Å². The van der Waals surface area contributed by atoms with Crippen LogP contribution >= 0.6 is 0 Å². The number of hydrogen-bond donors (Lipinski definition) is 1. The quantitative estimate of drug-likeness (QED) is 0.738. The van der Waals surface area contributed by atoms with Gasteiger partial charge < -0.3 is 0 Å². The average molecular weight is 205 g/mol. The number of aryl methyl sites for hydroxylation is 2. The van der Waals surface area contributed by atoms with Gasteiger partial charge in [-0.05, 0) is 18.9 Å². The summed E-state index contributed by atoms with van der Waals surface area (Å²) < 4.78 is 1.91. The second kappa shape index (κ2) is 5.57. The maximum Gasteiger partial charge on any atom is 0.0687 e. The topological polar surface area (TPSA) is 29.9 Å². The number of hydrogen-bond acceptors (Lipinski definition) is 2. The molecular formula is C12H19N3. The Hall–Kier alpha value is -1.27. The van der Waals surface area contributed by atoms with E-state index in [4.69, 9.17) is 6.42 Å². The van der Waals surface area contributed by atoms with Crippen LogP contribution in [0.25, 0.3) is 0 Å². The highest BCUT2D eigenvalue weighted by atomic mass is 15.3. The molecule has 1 atom stereocenters. The van der Waals surface area contributed by atoms with Crippen LogP contribution in [0.5, 0.6) is 0 Å². The van der Waals surface area contributed by atoms with E-state index < -0.39 is 0 Å². The van der Waals surface area contributed by atoms with Gasteiger partial charge in [-0.1, -0.05) is 19.8 Å². The van der Waals surface area contributed by atoms with E-state index in [1.807, 2.05) is 11.7 Å². The summed E-state index contributed by atoms with van der Waals surface area (Å²) in [6, 6.07) is 2.28. The third kappa shape index (κ3) is 3.10. The predicted molar refractivity (Wildman–Crippen MR) is 62.3 cm³/mol. The zero-order chi connectivity index (χ0) is 11.3. The molecular weight excluding hydrogens is 186 g/mol. The smallest absolute Gasteiger partial charge is 0.0687 e. The molecule has 0 radical (unpaired) electrons. The first-order valence-corrected chi connectivity index (χ1v) is 5.42. The summed E-state index contributed by atoms with van der Waals surface area (Å²) in [7, 11) is 1.97. The Morgan fingerprint density at radius 1 is 1.60 bits per heavy atom. The largest absolute Gasteiger partial charge is 0.298 e. The summed E-state index contributed by atoms with van der Waals surface area (Å²) in [5, 5.41) is 7.70. The molecule has 3 heteroatoms. The normalized spacial score (nSPS) is 12.4. The lowest BCUT2D eigenvalue weighted by atomic mass is 10.2. The van der Waals surface area contributed by atoms with E-state index in [2.05, 4.69) is 36.2 Å². The molecule has 1 unspecified atom stereocenters. The second-order valence-electron chi connectivity index (χ2n) is 3.61. The molecule has 1 rings (SSSR count). The molecule has 82 valence electrons. The van der Waals surface area contributed by atoms with E-state index in [1.165, 1.54) is 5.69 Å². The van der Waals surface area contributed by atoms with Crippen LogP contribution in [-0.2, 0) is 20.0 Å². The fourth-order valence-corrected chi connectivity index (χ4v) is 1.46. The molecule has 0 aromatic carbocycles. The molecule has 0 amide bonds. The number of rotatable bonds is 5. The minimum absolute atomic E-state index is 0.157. The summed E-state index contributed by atoms with van der Waals surface area (Å²) in [4.78, 5) is 0. The van der Waals surface area contributed by atoms with Crippen molar-refractivity contribution in [3.8, 4) is 12.3 Å². The van der Waals surface area contributed by atoms with E-state index >= 15 is 0 Å². The molecule has 3 nitrogen and oxygen atoms in total. The lowest BCUT2D eigenvalue weighted by Crippen LogP contribution is -2.27. The highest BCUT2D eigenvalue weighted by molar-refractivity contribution is 5.10. The molecule has 15 heavy (non-hydrogen) atoms. The predicted octanol–water partition coefficient (Wildman–Crippen LogP) is 1.48. The molecule has 1 N–H and O–H groups in total. The van der Waals surface area contributed by atoms with Gasteiger partial charge in [-0.3, -0.25) is 10.00 Å². The van der Waals surface area contributed by atoms with E-state index in [0.29, 0.717) is 0 Å². The number of nitrogens with one attached hydrogen (secondary N) is 1. The third-order valence-corrected chi connectivity index (χ3v) is 2.53. The minimum atomic E-state index is 0.157. The van der Waals surface area contributed by atoms with Gasteiger partial charge in [0.2, 0.25) is 0 Å². The maximum absolute atomic E-state index is 5.38. The highest BCUT2D eigenvalue weighted by Crippen LogP contribution is 2.04. The molecule has 0 fully saturated rings. The lowest BCUT2D eigenvalue weighted by molar-refractivity contribution is 0.563. The molecule has 0 aliphatic carbocycles. The Kier molecular flexibility index (Phi) is 4.38. The molecule has 0 saturated carbocycles. The Bertz CT molecular complexity index is 346. The first-order valence-electron chi connectivity index (χ1n) is 5.42. The number of nitrogens with zero attached hydrogens (tertiary/aromatic N) is 2. The second-order valence-corrected chi connectivity index (χ2v) is 3.61. The van der Waals surface area contributed by atoms with Crippen LogP contribution in [0.1, 0.15) is 31.7 Å². The number of aromatic nitrogens is 2. The Morgan fingerprint density at radius 2 is 2.33 bits per heavy atom. The Morgan fingerprint density at radius 3 is 2.80 bits per heavy atom. The van der Waals surface area contributed by atoms with Crippen molar-refractivity contribution in [1.29, 1.82) is 0 Å². The van der Waals surface area contributed by atoms with Gasteiger partial charge in [-0.2, -0.15) is 5.10 Å². The zero-order valence-corrected chi connectivity index (χ0v) is 9.75. The zero-order valence-electron chi connectivity index (χ0n) is 9.75. The average Bonchev–Trinajstić information content (AvgIpc) is 2.61. The fourth-order valence-electron chi connectivity index (χ4n) is 1.46. The first kappa shape index (κ1) is 11.8. The van der Waals surface area contributed by atoms with Gasteiger partial charge in [-0.15, -0.1) is 6.42 Å². The molecule has 0 bridgehead atoms. The molecule has 0 spiro atoms. The van der Waals surface area contributed by atoms with E-state index in [1.54, 1.807) is 0 Å². The van der Waals surface area contributed by atoms with Gasteiger partial charge in [0.1, 0.15) is 0 Å². The van der Waals surface area contributed by atoms with Crippen LogP contribution in [0.2, 0.25) is 0 Å². The molecule has 0 aliphatic heterocycles. The van der Waals surface area contributed by atoms with Crippen LogP contribution in [0, 0.1) is 12.3 Å². The lowest BCUT2D eigenvalue weighted by Gasteiger charge is -2.09. The summed E-state index contributed by atoms with van der Waals surface area (Å²) in [5.41, 5.74) is 2.31. The van der Waals surface area contributed by atoms with Crippen molar-refractivity contribution in [1.82, 2.24) is 15.1 Å². The molecule has 1 aromatic rings. The molecule has 0 aliphatic rings. The van der Waals surface area contributed by atoms with Gasteiger partial charge in [-0.25, -0.2) is 0 Å². The van der Waals surface area contributed by atoms with Gasteiger partial charge in [0, 0.05) is 13.6 Å². The van der Waals surface area contributed by atoms with Crippen LogP contribution in [0.3, 0.4) is 0 Å². The standard InChI is InChI=1S/C12H19N3/c1-5-10(6-2)13-9-12-8-11(7-3)14-15(12)4/h1,8,10,13H,6-7,9H2,2-4H3. The Balaban J connectivity index is 2.57. The van der Waals surface area contributed by atoms with Crippen molar-refractivity contribution in [2.75, 3.05) is 0 Å². The summed E-state index contributed by atoms with van der Waals surface area (Å²) >= 11 is 0. The fraction of sp³-hybridized carbons (Fsp3) is 0.583. The van der Waals surface area contributed by atoms with Crippen LogP contribution < -0.4 is 5.32 Å². The number of terminal acetylenes is 1. The third-order valence-electron chi connectivity index (χ3n) is 2.53. The van der Waals surface area contributed by atoms with E-state index in [0.717, 1.165) is 25.1 Å². The van der Waals surface area contributed by atoms with Crippen LogP contribution in [0.15, 0.2) is 6.07 Å². The van der Waals surface area contributed by atoms with Crippen molar-refractivity contribution in [2.45, 2.75) is 39.3 Å². The summed E-state index contributed by atoms with van der Waals surface area (Å²) in [6.45, 7) is 4.97. The monoisotopic (exact) mass is 205 g/mol. The summed E-state index contributed by atoms with van der Waals surface area (Å²) in [5.74, 6) is 2.72. The maximum atomic E-state index is 5.38. The van der Waals surface area contributed by atoms with Gasteiger partial charge in [0.15, 0.2) is 0 Å². The van der Waals surface area contributed by atoms with Gasteiger partial charge in [0.05, 0.1) is 17.4 Å². The van der Waals surface area contributed by atoms with Crippen LogP contribution in [0.4, 0.5) is 0 Å². The van der Waals surface area contributed by atoms with Crippen molar-refractivity contribution in [3.05, 3.63) is 17.5 Å². The highest BCUT2D eigenvalue weighted by Gasteiger charge is 2.05. The van der Waals surface area contributed by atoms with Crippen molar-refractivity contribution in [3.63, 3.8) is 0 Å². The molecule has 1 aromatic heterocycles. The van der Waals surface area contributed by atoms with Gasteiger partial charge >= 0.3 is 0 Å². The SMILES string of the molecule is C#CC(CC)NCc1cc(CC)nn1C. The van der Waals surface area contributed by atoms with Crippen molar-refractivity contribution >= 4 is 0 Å².